The molecule has 0 bridgehead atoms. The summed E-state index contributed by atoms with van der Waals surface area (Å²) in [6.45, 7) is 10.9. The Bertz CT molecular complexity index is 644. The van der Waals surface area contributed by atoms with E-state index in [4.69, 9.17) is 4.74 Å². The van der Waals surface area contributed by atoms with Crippen molar-refractivity contribution in [1.29, 1.82) is 0 Å². The van der Waals surface area contributed by atoms with Gasteiger partial charge in [-0.25, -0.2) is 0 Å². The highest BCUT2D eigenvalue weighted by molar-refractivity contribution is 5.84. The molecule has 0 unspecified atom stereocenters. The number of carbonyl (C=O) groups excluding carboxylic acids is 1. The lowest BCUT2D eigenvalue weighted by molar-refractivity contribution is -0.153. The van der Waals surface area contributed by atoms with Gasteiger partial charge in [-0.05, 0) is 46.1 Å². The van der Waals surface area contributed by atoms with Gasteiger partial charge in [0.2, 0.25) is 0 Å². The van der Waals surface area contributed by atoms with E-state index in [9.17, 15) is 4.79 Å². The lowest BCUT2D eigenvalue weighted by atomic mass is 10.0. The Kier molecular flexibility index (Phi) is 7.66. The van der Waals surface area contributed by atoms with Gasteiger partial charge < -0.3 is 15.4 Å². The number of guanidine groups is 1. The Balaban J connectivity index is 1.72. The zero-order valence-corrected chi connectivity index (χ0v) is 17.3. The third kappa shape index (κ3) is 7.99. The molecule has 6 nitrogen and oxygen atoms in total. The van der Waals surface area contributed by atoms with Crippen molar-refractivity contribution in [1.82, 2.24) is 15.5 Å². The maximum absolute atomic E-state index is 11.8. The number of aliphatic imine (C=N–C) groups is 1. The van der Waals surface area contributed by atoms with E-state index in [0.717, 1.165) is 32.5 Å². The highest BCUT2D eigenvalue weighted by Gasteiger charge is 2.21. The van der Waals surface area contributed by atoms with Crippen LogP contribution in [0, 0.1) is 6.92 Å². The van der Waals surface area contributed by atoms with Gasteiger partial charge in [-0.3, -0.25) is 14.7 Å². The molecule has 0 spiro atoms. The first-order valence-corrected chi connectivity index (χ1v) is 9.72. The van der Waals surface area contributed by atoms with Crippen LogP contribution in [0.1, 0.15) is 44.7 Å². The van der Waals surface area contributed by atoms with E-state index < -0.39 is 5.60 Å². The average molecular weight is 375 g/mol. The lowest BCUT2D eigenvalue weighted by Gasteiger charge is -2.33. The molecule has 1 aliphatic rings. The summed E-state index contributed by atoms with van der Waals surface area (Å²) in [5.74, 6) is 0.372. The maximum Gasteiger partial charge on any atom is 0.325 e. The van der Waals surface area contributed by atoms with Gasteiger partial charge in [0.15, 0.2) is 5.96 Å². The summed E-state index contributed by atoms with van der Waals surface area (Å²) in [7, 11) is 1.72. The van der Waals surface area contributed by atoms with Crippen LogP contribution in [0.2, 0.25) is 0 Å². The van der Waals surface area contributed by atoms with Crippen LogP contribution in [0.25, 0.3) is 0 Å². The fourth-order valence-electron chi connectivity index (χ4n) is 3.23. The van der Waals surface area contributed by atoms with Crippen LogP contribution in [-0.4, -0.2) is 55.2 Å². The summed E-state index contributed by atoms with van der Waals surface area (Å²) in [6.07, 6.45) is 2.11. The minimum absolute atomic E-state index is 0.114. The Labute approximate surface area is 163 Å². The molecule has 0 saturated carbocycles. The Hall–Kier alpha value is -2.08. The maximum atomic E-state index is 11.8. The number of benzene rings is 1. The number of rotatable bonds is 5. The van der Waals surface area contributed by atoms with Gasteiger partial charge in [0.05, 0.1) is 0 Å². The number of esters is 1. The van der Waals surface area contributed by atoms with Crippen molar-refractivity contribution in [2.75, 3.05) is 26.7 Å². The number of piperidine rings is 1. The van der Waals surface area contributed by atoms with Crippen molar-refractivity contribution in [3.8, 4) is 0 Å². The number of nitrogens with one attached hydrogen (secondary N) is 2. The Morgan fingerprint density at radius 3 is 2.59 bits per heavy atom. The monoisotopic (exact) mass is 374 g/mol. The standard InChI is InChI=1S/C21H34N4O2/c1-16-7-6-8-17(13-16)15-25-11-9-18(10-12-25)24-20(22-5)23-14-19(26)27-21(2,3)4/h6-8,13,18H,9-12,14-15H2,1-5H3,(H2,22,23,24). The van der Waals surface area contributed by atoms with Crippen LogP contribution in [-0.2, 0) is 16.1 Å². The van der Waals surface area contributed by atoms with Gasteiger partial charge in [0, 0.05) is 32.7 Å². The van der Waals surface area contributed by atoms with Gasteiger partial charge >= 0.3 is 5.97 Å². The number of hydrogen-bond donors (Lipinski definition) is 2. The highest BCUT2D eigenvalue weighted by atomic mass is 16.6. The van der Waals surface area contributed by atoms with Crippen LogP contribution in [0.5, 0.6) is 0 Å². The van der Waals surface area contributed by atoms with Crippen LogP contribution < -0.4 is 10.6 Å². The minimum Gasteiger partial charge on any atom is -0.459 e. The third-order valence-corrected chi connectivity index (χ3v) is 4.46. The van der Waals surface area contributed by atoms with Gasteiger partial charge in [-0.1, -0.05) is 29.8 Å². The van der Waals surface area contributed by atoms with Crippen molar-refractivity contribution in [3.05, 3.63) is 35.4 Å². The lowest BCUT2D eigenvalue weighted by Crippen LogP contribution is -2.49. The predicted octanol–water partition coefficient (Wildman–Crippen LogP) is 2.47. The first-order chi connectivity index (χ1) is 12.7. The largest absolute Gasteiger partial charge is 0.459 e. The van der Waals surface area contributed by atoms with Gasteiger partial charge in [-0.2, -0.15) is 0 Å². The number of likely N-dealkylation sites (tertiary alicyclic amines) is 1. The SMILES string of the molecule is CN=C(NCC(=O)OC(C)(C)C)NC1CCN(Cc2cccc(C)c2)CC1. The van der Waals surface area contributed by atoms with Crippen LogP contribution in [0.4, 0.5) is 0 Å². The van der Waals surface area contributed by atoms with Crippen LogP contribution in [0.3, 0.4) is 0 Å². The molecule has 0 amide bonds. The number of carbonyl (C=O) groups is 1. The number of aryl methyl sites for hydroxylation is 1. The molecule has 1 heterocycles. The summed E-state index contributed by atoms with van der Waals surface area (Å²) < 4.78 is 5.31. The summed E-state index contributed by atoms with van der Waals surface area (Å²) in [4.78, 5) is 18.5. The predicted molar refractivity (Wildman–Crippen MR) is 110 cm³/mol. The zero-order chi connectivity index (χ0) is 19.9. The van der Waals surface area contributed by atoms with E-state index in [-0.39, 0.29) is 12.5 Å². The van der Waals surface area contributed by atoms with Crippen molar-refractivity contribution in [3.63, 3.8) is 0 Å². The molecule has 1 aromatic rings. The van der Waals surface area contributed by atoms with E-state index in [1.165, 1.54) is 11.1 Å². The molecular weight excluding hydrogens is 340 g/mol. The van der Waals surface area contributed by atoms with Gasteiger partial charge in [-0.15, -0.1) is 0 Å². The summed E-state index contributed by atoms with van der Waals surface area (Å²) >= 11 is 0. The van der Waals surface area contributed by atoms with E-state index in [0.29, 0.717) is 12.0 Å². The number of ether oxygens (including phenoxy) is 1. The summed E-state index contributed by atoms with van der Waals surface area (Å²) in [5, 5.41) is 6.47. The quantitative estimate of drug-likeness (QED) is 0.471. The van der Waals surface area contributed by atoms with Crippen LogP contribution >= 0.6 is 0 Å². The summed E-state index contributed by atoms with van der Waals surface area (Å²) in [5.41, 5.74) is 2.21. The third-order valence-electron chi connectivity index (χ3n) is 4.46. The van der Waals surface area contributed by atoms with Crippen molar-refractivity contribution in [2.45, 2.75) is 58.7 Å². The molecule has 2 N–H and O–H groups in total. The molecule has 150 valence electrons. The first-order valence-electron chi connectivity index (χ1n) is 9.72. The van der Waals surface area contributed by atoms with Gasteiger partial charge in [0.1, 0.15) is 12.1 Å². The van der Waals surface area contributed by atoms with Crippen molar-refractivity contribution < 1.29 is 9.53 Å². The minimum atomic E-state index is -0.472. The van der Waals surface area contributed by atoms with E-state index in [1.807, 2.05) is 20.8 Å². The van der Waals surface area contributed by atoms with E-state index in [2.05, 4.69) is 51.7 Å². The normalized spacial score (nSPS) is 16.9. The van der Waals surface area contributed by atoms with E-state index in [1.54, 1.807) is 7.05 Å². The summed E-state index contributed by atoms with van der Waals surface area (Å²) in [6, 6.07) is 9.07. The second kappa shape index (κ2) is 9.74. The molecule has 6 heteroatoms. The fraction of sp³-hybridized carbons (Fsp3) is 0.619. The van der Waals surface area contributed by atoms with Crippen molar-refractivity contribution in [2.24, 2.45) is 4.99 Å². The molecule has 0 radical (unpaired) electrons. The molecule has 1 aliphatic heterocycles. The van der Waals surface area contributed by atoms with Crippen molar-refractivity contribution >= 4 is 11.9 Å². The molecular formula is C21H34N4O2. The molecule has 0 atom stereocenters. The smallest absolute Gasteiger partial charge is 0.325 e. The first kappa shape index (κ1) is 21.2. The number of hydrogen-bond acceptors (Lipinski definition) is 4. The molecule has 0 aliphatic carbocycles. The molecule has 1 aromatic carbocycles. The molecule has 0 aromatic heterocycles. The fourth-order valence-corrected chi connectivity index (χ4v) is 3.23. The Morgan fingerprint density at radius 1 is 1.30 bits per heavy atom. The van der Waals surface area contributed by atoms with Crippen LogP contribution in [0.15, 0.2) is 29.3 Å². The van der Waals surface area contributed by atoms with Gasteiger partial charge in [0.25, 0.3) is 0 Å². The second-order valence-corrected chi connectivity index (χ2v) is 8.20. The molecule has 2 rings (SSSR count). The second-order valence-electron chi connectivity index (χ2n) is 8.20. The average Bonchev–Trinajstić information content (AvgIpc) is 2.58. The highest BCUT2D eigenvalue weighted by Crippen LogP contribution is 2.14. The van der Waals surface area contributed by atoms with E-state index >= 15 is 0 Å². The Morgan fingerprint density at radius 2 is 2.00 bits per heavy atom. The number of nitrogens with zero attached hydrogens (tertiary/aromatic N) is 2. The molecule has 1 fully saturated rings. The molecule has 27 heavy (non-hydrogen) atoms. The molecule has 1 saturated heterocycles. The topological polar surface area (TPSA) is 66.0 Å². The zero-order valence-electron chi connectivity index (χ0n) is 17.3.